The van der Waals surface area contributed by atoms with Crippen LogP contribution in [0.15, 0.2) is 54.7 Å². The van der Waals surface area contributed by atoms with Crippen molar-refractivity contribution >= 4 is 10.9 Å². The van der Waals surface area contributed by atoms with Gasteiger partial charge < -0.3 is 9.88 Å². The predicted molar refractivity (Wildman–Crippen MR) is 82.9 cm³/mol. The molecule has 3 aromatic rings. The monoisotopic (exact) mass is 262 g/mol. The van der Waals surface area contributed by atoms with Crippen molar-refractivity contribution < 1.29 is 0 Å². The molecule has 2 heterocycles. The third kappa shape index (κ3) is 1.84. The van der Waals surface area contributed by atoms with Crippen LogP contribution in [0.25, 0.3) is 10.9 Å². The number of rotatable bonds is 1. The van der Waals surface area contributed by atoms with Crippen molar-refractivity contribution in [2.24, 2.45) is 0 Å². The molecule has 1 N–H and O–H groups in total. The van der Waals surface area contributed by atoms with Crippen LogP contribution in [-0.4, -0.2) is 23.5 Å². The summed E-state index contributed by atoms with van der Waals surface area (Å²) in [7, 11) is 2.20. The van der Waals surface area contributed by atoms with Crippen molar-refractivity contribution in [1.82, 2.24) is 9.88 Å². The number of likely N-dealkylation sites (N-methyl/N-ethyl adjacent to an activating group) is 1. The molecule has 1 aliphatic heterocycles. The van der Waals surface area contributed by atoms with Crippen LogP contribution in [0.5, 0.6) is 0 Å². The van der Waals surface area contributed by atoms with Crippen LogP contribution in [0.2, 0.25) is 0 Å². The van der Waals surface area contributed by atoms with E-state index in [0.29, 0.717) is 5.92 Å². The minimum Gasteiger partial charge on any atom is -0.361 e. The molecule has 20 heavy (non-hydrogen) atoms. The van der Waals surface area contributed by atoms with Gasteiger partial charge in [-0.05, 0) is 41.3 Å². The Morgan fingerprint density at radius 1 is 1.10 bits per heavy atom. The van der Waals surface area contributed by atoms with E-state index < -0.39 is 0 Å². The molecule has 0 radical (unpaired) electrons. The Hall–Kier alpha value is -2.06. The fraction of sp³-hybridized carbons (Fsp3) is 0.222. The second kappa shape index (κ2) is 4.50. The van der Waals surface area contributed by atoms with Gasteiger partial charge in [0.2, 0.25) is 0 Å². The molecule has 0 fully saturated rings. The fourth-order valence-corrected chi connectivity index (χ4v) is 3.35. The lowest BCUT2D eigenvalue weighted by Crippen LogP contribution is -2.30. The fourth-order valence-electron chi connectivity index (χ4n) is 3.35. The van der Waals surface area contributed by atoms with Gasteiger partial charge in [0.25, 0.3) is 0 Å². The zero-order valence-corrected chi connectivity index (χ0v) is 11.6. The van der Waals surface area contributed by atoms with E-state index in [4.69, 9.17) is 0 Å². The quantitative estimate of drug-likeness (QED) is 0.707. The van der Waals surface area contributed by atoms with E-state index in [2.05, 4.69) is 65.5 Å². The third-order valence-electron chi connectivity index (χ3n) is 4.35. The lowest BCUT2D eigenvalue weighted by molar-refractivity contribution is 0.295. The van der Waals surface area contributed by atoms with Crippen LogP contribution in [0, 0.1) is 0 Å². The number of hydrogen-bond acceptors (Lipinski definition) is 1. The van der Waals surface area contributed by atoms with E-state index in [-0.39, 0.29) is 0 Å². The summed E-state index contributed by atoms with van der Waals surface area (Å²) in [6, 6.07) is 17.8. The molecule has 100 valence electrons. The van der Waals surface area contributed by atoms with Gasteiger partial charge in [-0.3, -0.25) is 0 Å². The summed E-state index contributed by atoms with van der Waals surface area (Å²) < 4.78 is 0. The van der Waals surface area contributed by atoms with Crippen molar-refractivity contribution in [3.05, 3.63) is 71.4 Å². The van der Waals surface area contributed by atoms with Gasteiger partial charge in [-0.15, -0.1) is 0 Å². The molecule has 1 aromatic heterocycles. The first-order chi connectivity index (χ1) is 9.81. The van der Waals surface area contributed by atoms with Gasteiger partial charge in [0.05, 0.1) is 0 Å². The van der Waals surface area contributed by atoms with E-state index in [0.717, 1.165) is 13.1 Å². The number of nitrogens with one attached hydrogen (secondary N) is 1. The molecule has 0 saturated heterocycles. The van der Waals surface area contributed by atoms with Gasteiger partial charge in [-0.1, -0.05) is 36.4 Å². The first-order valence-corrected chi connectivity index (χ1v) is 7.14. The molecule has 4 rings (SSSR count). The number of aromatic amines is 1. The highest BCUT2D eigenvalue weighted by Crippen LogP contribution is 2.33. The average molecular weight is 262 g/mol. The number of benzene rings is 2. The summed E-state index contributed by atoms with van der Waals surface area (Å²) >= 11 is 0. The topological polar surface area (TPSA) is 19.0 Å². The molecule has 0 spiro atoms. The maximum absolute atomic E-state index is 3.32. The van der Waals surface area contributed by atoms with Gasteiger partial charge >= 0.3 is 0 Å². The number of nitrogens with zero attached hydrogens (tertiary/aromatic N) is 1. The largest absolute Gasteiger partial charge is 0.361 e. The zero-order chi connectivity index (χ0) is 13.5. The Bertz CT molecular complexity index is 757. The Kier molecular flexibility index (Phi) is 2.64. The van der Waals surface area contributed by atoms with Crippen molar-refractivity contribution in [3.63, 3.8) is 0 Å². The minimum atomic E-state index is 0.470. The summed E-state index contributed by atoms with van der Waals surface area (Å²) in [6.07, 6.45) is 2.01. The van der Waals surface area contributed by atoms with E-state index in [9.17, 15) is 0 Å². The average Bonchev–Trinajstić information content (AvgIpc) is 2.93. The van der Waals surface area contributed by atoms with Gasteiger partial charge in [-0.2, -0.15) is 0 Å². The van der Waals surface area contributed by atoms with Crippen LogP contribution in [0.3, 0.4) is 0 Å². The molecule has 2 heteroatoms. The van der Waals surface area contributed by atoms with Crippen LogP contribution in [0.1, 0.15) is 22.6 Å². The Morgan fingerprint density at radius 3 is 2.95 bits per heavy atom. The summed E-state index contributed by atoms with van der Waals surface area (Å²) in [5.41, 5.74) is 5.57. The number of hydrogen-bond donors (Lipinski definition) is 1. The smallest absolute Gasteiger partial charge is 0.0456 e. The van der Waals surface area contributed by atoms with Gasteiger partial charge in [0.1, 0.15) is 0 Å². The van der Waals surface area contributed by atoms with Crippen LogP contribution in [-0.2, 0) is 6.54 Å². The van der Waals surface area contributed by atoms with E-state index in [1.807, 2.05) is 6.20 Å². The SMILES string of the molecule is CN1Cc2ccccc2[C@H](c2ccc3cc[nH]c3c2)C1. The maximum Gasteiger partial charge on any atom is 0.0456 e. The summed E-state index contributed by atoms with van der Waals surface area (Å²) in [4.78, 5) is 5.73. The van der Waals surface area contributed by atoms with Crippen molar-refractivity contribution in [2.75, 3.05) is 13.6 Å². The maximum atomic E-state index is 3.32. The summed E-state index contributed by atoms with van der Waals surface area (Å²) in [5, 5.41) is 1.28. The van der Waals surface area contributed by atoms with Gasteiger partial charge in [0, 0.05) is 30.7 Å². The van der Waals surface area contributed by atoms with Crippen LogP contribution in [0.4, 0.5) is 0 Å². The van der Waals surface area contributed by atoms with Crippen molar-refractivity contribution in [2.45, 2.75) is 12.5 Å². The zero-order valence-electron chi connectivity index (χ0n) is 11.6. The second-order valence-electron chi connectivity index (χ2n) is 5.77. The normalized spacial score (nSPS) is 19.1. The molecule has 0 unspecified atom stereocenters. The highest BCUT2D eigenvalue weighted by Gasteiger charge is 2.24. The Labute approximate surface area is 119 Å². The molecule has 1 atom stereocenters. The van der Waals surface area contributed by atoms with E-state index >= 15 is 0 Å². The lowest BCUT2D eigenvalue weighted by atomic mass is 9.84. The lowest BCUT2D eigenvalue weighted by Gasteiger charge is -2.32. The molecular formula is C18H18N2. The van der Waals surface area contributed by atoms with E-state index in [1.165, 1.54) is 27.6 Å². The van der Waals surface area contributed by atoms with Crippen molar-refractivity contribution in [1.29, 1.82) is 0 Å². The summed E-state index contributed by atoms with van der Waals surface area (Å²) in [6.45, 7) is 2.14. The number of H-pyrrole nitrogens is 1. The first-order valence-electron chi connectivity index (χ1n) is 7.14. The van der Waals surface area contributed by atoms with Crippen LogP contribution >= 0.6 is 0 Å². The molecule has 0 amide bonds. The molecule has 0 bridgehead atoms. The molecular weight excluding hydrogens is 244 g/mol. The third-order valence-corrected chi connectivity index (χ3v) is 4.35. The number of aromatic nitrogens is 1. The first kappa shape index (κ1) is 11.7. The second-order valence-corrected chi connectivity index (χ2v) is 5.77. The highest BCUT2D eigenvalue weighted by molar-refractivity contribution is 5.80. The van der Waals surface area contributed by atoms with Crippen molar-refractivity contribution in [3.8, 4) is 0 Å². The van der Waals surface area contributed by atoms with E-state index in [1.54, 1.807) is 0 Å². The Morgan fingerprint density at radius 2 is 2.00 bits per heavy atom. The van der Waals surface area contributed by atoms with Crippen LogP contribution < -0.4 is 0 Å². The molecule has 2 aromatic carbocycles. The molecule has 2 nitrogen and oxygen atoms in total. The number of fused-ring (bicyclic) bond motifs is 2. The summed E-state index contributed by atoms with van der Waals surface area (Å²) in [5.74, 6) is 0.470. The van der Waals surface area contributed by atoms with Gasteiger partial charge in [0.15, 0.2) is 0 Å². The Balaban J connectivity index is 1.84. The molecule has 1 aliphatic rings. The minimum absolute atomic E-state index is 0.470. The molecule has 0 aliphatic carbocycles. The standard InChI is InChI=1S/C18H18N2/c1-20-11-15-4-2-3-5-16(15)17(12-20)14-7-6-13-8-9-19-18(13)10-14/h2-10,17,19H,11-12H2,1H3/t17-/m0/s1. The predicted octanol–water partition coefficient (Wildman–Crippen LogP) is 3.75. The highest BCUT2D eigenvalue weighted by atomic mass is 15.1. The molecule has 0 saturated carbocycles. The van der Waals surface area contributed by atoms with Gasteiger partial charge in [-0.25, -0.2) is 0 Å².